The number of halogens is 2. The van der Waals surface area contributed by atoms with Gasteiger partial charge in [0.2, 0.25) is 0 Å². The zero-order valence-corrected chi connectivity index (χ0v) is 17.8. The molecule has 0 fully saturated rings. The van der Waals surface area contributed by atoms with E-state index < -0.39 is 0 Å². The summed E-state index contributed by atoms with van der Waals surface area (Å²) in [5, 5.41) is 5.09. The van der Waals surface area contributed by atoms with Crippen LogP contribution in [0.25, 0.3) is 21.5 Å². The van der Waals surface area contributed by atoms with Crippen LogP contribution in [0.15, 0.2) is 72.8 Å². The Morgan fingerprint density at radius 3 is 1.32 bits per heavy atom. The molecule has 0 heterocycles. The molecule has 4 rings (SSSR count). The Hall–Kier alpha value is -1.18. The predicted octanol–water partition coefficient (Wildman–Crippen LogP) is 6.92. The van der Waals surface area contributed by atoms with Crippen LogP contribution in [0.1, 0.15) is 11.1 Å². The zero-order chi connectivity index (χ0) is 17.2. The third-order valence-corrected chi connectivity index (χ3v) is 6.35. The van der Waals surface area contributed by atoms with E-state index in [0.29, 0.717) is 13.2 Å². The van der Waals surface area contributed by atoms with Crippen LogP contribution in [0, 0.1) is 7.14 Å². The standard InChI is InChI=1S/C22H16I2O/c23-21-11-17-7-3-1-5-15(17)9-19(21)13-25-14-20-10-16-6-2-4-8-18(16)12-22(20)24/h1-12H,13-14H2. The summed E-state index contributed by atoms with van der Waals surface area (Å²) in [4.78, 5) is 0. The monoisotopic (exact) mass is 550 g/mol. The normalized spacial score (nSPS) is 11.3. The SMILES string of the molecule is Ic1cc2ccccc2cc1COCc1cc2ccccc2cc1I. The molecule has 0 aromatic heterocycles. The molecular weight excluding hydrogens is 534 g/mol. The summed E-state index contributed by atoms with van der Waals surface area (Å²) in [5.41, 5.74) is 2.49. The molecule has 0 saturated heterocycles. The van der Waals surface area contributed by atoms with Gasteiger partial charge in [-0.2, -0.15) is 0 Å². The van der Waals surface area contributed by atoms with Crippen LogP contribution in [-0.2, 0) is 18.0 Å². The van der Waals surface area contributed by atoms with Crippen molar-refractivity contribution in [1.82, 2.24) is 0 Å². The number of benzene rings is 4. The Labute approximate surface area is 174 Å². The van der Waals surface area contributed by atoms with Crippen LogP contribution >= 0.6 is 45.2 Å². The summed E-state index contributed by atoms with van der Waals surface area (Å²) in [5.74, 6) is 0. The molecule has 4 aromatic carbocycles. The summed E-state index contributed by atoms with van der Waals surface area (Å²) >= 11 is 4.80. The van der Waals surface area contributed by atoms with Gasteiger partial charge in [-0.1, -0.05) is 48.5 Å². The number of fused-ring (bicyclic) bond motifs is 2. The van der Waals surface area contributed by atoms with Gasteiger partial charge in [0, 0.05) is 7.14 Å². The van der Waals surface area contributed by atoms with Gasteiger partial charge in [-0.3, -0.25) is 0 Å². The first kappa shape index (κ1) is 17.2. The van der Waals surface area contributed by atoms with E-state index in [2.05, 4.69) is 118 Å². The number of rotatable bonds is 4. The van der Waals surface area contributed by atoms with E-state index in [4.69, 9.17) is 4.74 Å². The summed E-state index contributed by atoms with van der Waals surface area (Å²) < 4.78 is 8.56. The second-order valence-corrected chi connectivity index (χ2v) is 8.40. The third-order valence-electron chi connectivity index (χ3n) is 4.34. The number of hydrogen-bond acceptors (Lipinski definition) is 1. The lowest BCUT2D eigenvalue weighted by Gasteiger charge is -2.11. The van der Waals surface area contributed by atoms with E-state index >= 15 is 0 Å². The fraction of sp³-hybridized carbons (Fsp3) is 0.0909. The van der Waals surface area contributed by atoms with E-state index in [0.717, 1.165) is 0 Å². The molecule has 0 saturated carbocycles. The summed E-state index contributed by atoms with van der Waals surface area (Å²) in [7, 11) is 0. The Bertz CT molecular complexity index is 971. The van der Waals surface area contributed by atoms with Crippen molar-refractivity contribution in [3.8, 4) is 0 Å². The first-order valence-electron chi connectivity index (χ1n) is 8.13. The molecular formula is C22H16I2O. The van der Waals surface area contributed by atoms with Crippen LogP contribution < -0.4 is 0 Å². The van der Waals surface area contributed by atoms with Gasteiger partial charge < -0.3 is 4.74 Å². The molecule has 25 heavy (non-hydrogen) atoms. The zero-order valence-electron chi connectivity index (χ0n) is 13.5. The van der Waals surface area contributed by atoms with Crippen molar-refractivity contribution >= 4 is 66.7 Å². The average Bonchev–Trinajstić information content (AvgIpc) is 2.62. The topological polar surface area (TPSA) is 9.23 Å². The van der Waals surface area contributed by atoms with Crippen molar-refractivity contribution in [3.05, 3.63) is 91.1 Å². The highest BCUT2D eigenvalue weighted by molar-refractivity contribution is 14.1. The van der Waals surface area contributed by atoms with Gasteiger partial charge >= 0.3 is 0 Å². The van der Waals surface area contributed by atoms with E-state index in [1.54, 1.807) is 0 Å². The smallest absolute Gasteiger partial charge is 0.0731 e. The fourth-order valence-corrected chi connectivity index (χ4v) is 4.31. The first-order chi connectivity index (χ1) is 12.2. The maximum Gasteiger partial charge on any atom is 0.0731 e. The Morgan fingerprint density at radius 2 is 0.920 bits per heavy atom. The first-order valence-corrected chi connectivity index (χ1v) is 10.3. The van der Waals surface area contributed by atoms with E-state index in [1.807, 2.05) is 0 Å². The van der Waals surface area contributed by atoms with Crippen LogP contribution in [-0.4, -0.2) is 0 Å². The van der Waals surface area contributed by atoms with E-state index in [1.165, 1.54) is 39.8 Å². The fourth-order valence-electron chi connectivity index (χ4n) is 3.01. The molecule has 0 unspecified atom stereocenters. The molecule has 0 amide bonds. The van der Waals surface area contributed by atoms with E-state index in [-0.39, 0.29) is 0 Å². The molecule has 0 aliphatic heterocycles. The lowest BCUT2D eigenvalue weighted by Crippen LogP contribution is -1.98. The Kier molecular flexibility index (Phi) is 5.24. The maximum atomic E-state index is 6.06. The van der Waals surface area contributed by atoms with E-state index in [9.17, 15) is 0 Å². The summed E-state index contributed by atoms with van der Waals surface area (Å²) in [6.07, 6.45) is 0. The van der Waals surface area contributed by atoms with Gasteiger partial charge in [-0.05, 0) is 102 Å². The minimum absolute atomic E-state index is 0.631. The summed E-state index contributed by atoms with van der Waals surface area (Å²) in [6, 6.07) is 25.9. The van der Waals surface area contributed by atoms with Crippen molar-refractivity contribution in [3.63, 3.8) is 0 Å². The minimum Gasteiger partial charge on any atom is -0.372 e. The molecule has 0 N–H and O–H groups in total. The van der Waals surface area contributed by atoms with Gasteiger partial charge in [0.1, 0.15) is 0 Å². The van der Waals surface area contributed by atoms with Crippen LogP contribution in [0.4, 0.5) is 0 Å². The van der Waals surface area contributed by atoms with Crippen molar-refractivity contribution in [1.29, 1.82) is 0 Å². The molecule has 0 spiro atoms. The van der Waals surface area contributed by atoms with Gasteiger partial charge in [-0.25, -0.2) is 0 Å². The van der Waals surface area contributed by atoms with Crippen LogP contribution in [0.3, 0.4) is 0 Å². The maximum absolute atomic E-state index is 6.06. The molecule has 124 valence electrons. The third kappa shape index (κ3) is 3.83. The Balaban J connectivity index is 1.52. The minimum atomic E-state index is 0.631. The van der Waals surface area contributed by atoms with Crippen molar-refractivity contribution in [2.75, 3.05) is 0 Å². The lowest BCUT2D eigenvalue weighted by atomic mass is 10.1. The molecule has 0 aliphatic rings. The molecule has 3 heteroatoms. The molecule has 0 aliphatic carbocycles. The number of ether oxygens (including phenoxy) is 1. The van der Waals surface area contributed by atoms with Gasteiger partial charge in [0.05, 0.1) is 13.2 Å². The van der Waals surface area contributed by atoms with Crippen LogP contribution in [0.5, 0.6) is 0 Å². The van der Waals surface area contributed by atoms with Gasteiger partial charge in [0.25, 0.3) is 0 Å². The largest absolute Gasteiger partial charge is 0.372 e. The predicted molar refractivity (Wildman–Crippen MR) is 122 cm³/mol. The van der Waals surface area contributed by atoms with Crippen LogP contribution in [0.2, 0.25) is 0 Å². The summed E-state index contributed by atoms with van der Waals surface area (Å²) in [6.45, 7) is 1.26. The second kappa shape index (κ2) is 7.60. The highest BCUT2D eigenvalue weighted by Gasteiger charge is 2.06. The van der Waals surface area contributed by atoms with Crippen molar-refractivity contribution < 1.29 is 4.74 Å². The number of hydrogen-bond donors (Lipinski definition) is 0. The molecule has 0 radical (unpaired) electrons. The quantitative estimate of drug-likeness (QED) is 0.251. The lowest BCUT2D eigenvalue weighted by molar-refractivity contribution is 0.106. The highest BCUT2D eigenvalue weighted by Crippen LogP contribution is 2.25. The second-order valence-electron chi connectivity index (χ2n) is 6.07. The van der Waals surface area contributed by atoms with Gasteiger partial charge in [0.15, 0.2) is 0 Å². The Morgan fingerprint density at radius 1 is 0.560 bits per heavy atom. The average molecular weight is 550 g/mol. The highest BCUT2D eigenvalue weighted by atomic mass is 127. The molecule has 0 atom stereocenters. The van der Waals surface area contributed by atoms with Crippen molar-refractivity contribution in [2.45, 2.75) is 13.2 Å². The molecule has 0 bridgehead atoms. The van der Waals surface area contributed by atoms with Gasteiger partial charge in [-0.15, -0.1) is 0 Å². The van der Waals surface area contributed by atoms with Crippen molar-refractivity contribution in [2.24, 2.45) is 0 Å². The molecule has 4 aromatic rings. The molecule has 1 nitrogen and oxygen atoms in total.